The molecule has 0 fully saturated rings. The summed E-state index contributed by atoms with van der Waals surface area (Å²) < 4.78 is 19.3. The summed E-state index contributed by atoms with van der Waals surface area (Å²) in [7, 11) is 1.59. The molecule has 0 saturated carbocycles. The maximum atomic E-state index is 13.2. The van der Waals surface area contributed by atoms with Gasteiger partial charge in [-0.1, -0.05) is 11.6 Å². The molecule has 0 saturated heterocycles. The number of hydrogen-bond donors (Lipinski definition) is 0. The van der Waals surface area contributed by atoms with Crippen LogP contribution in [0.15, 0.2) is 36.4 Å². The first-order chi connectivity index (χ1) is 10.5. The van der Waals surface area contributed by atoms with E-state index < -0.39 is 0 Å². The Kier molecular flexibility index (Phi) is 3.89. The molecule has 5 heteroatoms. The van der Waals surface area contributed by atoms with Crippen LogP contribution in [0.1, 0.15) is 20.8 Å². The predicted molar refractivity (Wildman–Crippen MR) is 88.0 cm³/mol. The van der Waals surface area contributed by atoms with Crippen molar-refractivity contribution in [2.75, 3.05) is 7.11 Å². The summed E-state index contributed by atoms with van der Waals surface area (Å²) in [4.78, 5) is 13.2. The van der Waals surface area contributed by atoms with Crippen LogP contribution in [-0.2, 0) is 0 Å². The van der Waals surface area contributed by atoms with Crippen LogP contribution in [0.4, 0.5) is 4.39 Å². The van der Waals surface area contributed by atoms with Crippen molar-refractivity contribution in [1.29, 1.82) is 0 Å². The number of hydrogen-bond acceptors (Lipinski definition) is 3. The standard InChI is InChI=1S/C17H12ClFO2S/c1-9-7-10(19)3-5-12(9)16(20)17-15(18)13-6-4-11(21-2)8-14(13)22-17/h3-8H,1-2H3. The zero-order chi connectivity index (χ0) is 15.9. The van der Waals surface area contributed by atoms with Gasteiger partial charge in [-0.15, -0.1) is 11.3 Å². The van der Waals surface area contributed by atoms with E-state index in [-0.39, 0.29) is 11.6 Å². The summed E-state index contributed by atoms with van der Waals surface area (Å²) in [5.41, 5.74) is 1.05. The molecule has 0 bridgehead atoms. The van der Waals surface area contributed by atoms with Gasteiger partial charge in [-0.25, -0.2) is 4.39 Å². The number of ketones is 1. The van der Waals surface area contributed by atoms with E-state index >= 15 is 0 Å². The second-order valence-corrected chi connectivity index (χ2v) is 6.33. The van der Waals surface area contributed by atoms with Crippen molar-refractivity contribution < 1.29 is 13.9 Å². The lowest BCUT2D eigenvalue weighted by Gasteiger charge is -2.03. The van der Waals surface area contributed by atoms with E-state index in [1.807, 2.05) is 12.1 Å². The maximum absolute atomic E-state index is 13.2. The smallest absolute Gasteiger partial charge is 0.204 e. The number of ether oxygens (including phenoxy) is 1. The number of halogens is 2. The number of methoxy groups -OCH3 is 1. The van der Waals surface area contributed by atoms with Crippen molar-refractivity contribution in [2.24, 2.45) is 0 Å². The first kappa shape index (κ1) is 15.0. The molecule has 3 rings (SSSR count). The van der Waals surface area contributed by atoms with Crippen molar-refractivity contribution in [3.05, 3.63) is 63.2 Å². The Balaban J connectivity index is 2.13. The highest BCUT2D eigenvalue weighted by molar-refractivity contribution is 7.21. The van der Waals surface area contributed by atoms with Gasteiger partial charge in [-0.2, -0.15) is 0 Å². The first-order valence-electron chi connectivity index (χ1n) is 6.58. The molecule has 2 nitrogen and oxygen atoms in total. The molecule has 0 atom stereocenters. The quantitative estimate of drug-likeness (QED) is 0.612. The van der Waals surface area contributed by atoms with Gasteiger partial charge in [-0.3, -0.25) is 4.79 Å². The van der Waals surface area contributed by atoms with Crippen LogP contribution in [0.3, 0.4) is 0 Å². The minimum absolute atomic E-state index is 0.192. The highest BCUT2D eigenvalue weighted by Crippen LogP contribution is 2.38. The second kappa shape index (κ2) is 5.71. The van der Waals surface area contributed by atoms with Crippen molar-refractivity contribution >= 4 is 38.8 Å². The molecular weight excluding hydrogens is 323 g/mol. The van der Waals surface area contributed by atoms with Gasteiger partial charge in [0.05, 0.1) is 17.0 Å². The van der Waals surface area contributed by atoms with Gasteiger partial charge in [0.1, 0.15) is 11.6 Å². The van der Waals surface area contributed by atoms with Crippen LogP contribution >= 0.6 is 22.9 Å². The van der Waals surface area contributed by atoms with E-state index in [9.17, 15) is 9.18 Å². The third kappa shape index (κ3) is 2.49. The van der Waals surface area contributed by atoms with Crippen LogP contribution < -0.4 is 4.74 Å². The van der Waals surface area contributed by atoms with E-state index in [2.05, 4.69) is 0 Å². The molecule has 3 aromatic rings. The average molecular weight is 335 g/mol. The van der Waals surface area contributed by atoms with Crippen molar-refractivity contribution in [1.82, 2.24) is 0 Å². The van der Waals surface area contributed by atoms with E-state index in [0.717, 1.165) is 10.1 Å². The maximum Gasteiger partial charge on any atom is 0.204 e. The summed E-state index contributed by atoms with van der Waals surface area (Å²) >= 11 is 7.67. The molecule has 0 aliphatic rings. The Bertz CT molecular complexity index is 886. The van der Waals surface area contributed by atoms with Crippen molar-refractivity contribution in [3.8, 4) is 5.75 Å². The summed E-state index contributed by atoms with van der Waals surface area (Å²) in [5.74, 6) is 0.159. The highest BCUT2D eigenvalue weighted by Gasteiger charge is 2.20. The van der Waals surface area contributed by atoms with Crippen LogP contribution in [0, 0.1) is 12.7 Å². The van der Waals surface area contributed by atoms with Crippen LogP contribution in [-0.4, -0.2) is 12.9 Å². The van der Waals surface area contributed by atoms with Crippen LogP contribution in [0.5, 0.6) is 5.75 Å². The fourth-order valence-corrected chi connectivity index (χ4v) is 3.82. The van der Waals surface area contributed by atoms with E-state index in [1.165, 1.54) is 29.5 Å². The van der Waals surface area contributed by atoms with Crippen molar-refractivity contribution in [3.63, 3.8) is 0 Å². The average Bonchev–Trinajstić information content (AvgIpc) is 2.83. The summed E-state index contributed by atoms with van der Waals surface area (Å²) in [5, 5.41) is 1.24. The number of carbonyl (C=O) groups excluding carboxylic acids is 1. The third-order valence-electron chi connectivity index (χ3n) is 3.48. The summed E-state index contributed by atoms with van der Waals surface area (Å²) in [6.45, 7) is 1.71. The molecule has 0 aliphatic carbocycles. The van der Waals surface area contributed by atoms with E-state index in [1.54, 1.807) is 20.1 Å². The molecule has 1 heterocycles. The monoisotopic (exact) mass is 334 g/mol. The van der Waals surface area contributed by atoms with Gasteiger partial charge < -0.3 is 4.74 Å². The van der Waals surface area contributed by atoms with Gasteiger partial charge in [0.2, 0.25) is 5.78 Å². The van der Waals surface area contributed by atoms with Gasteiger partial charge in [0, 0.05) is 15.6 Å². The molecule has 0 aliphatic heterocycles. The number of rotatable bonds is 3. The Morgan fingerprint density at radius 2 is 2.00 bits per heavy atom. The molecule has 22 heavy (non-hydrogen) atoms. The summed E-state index contributed by atoms with van der Waals surface area (Å²) in [6, 6.07) is 9.61. The van der Waals surface area contributed by atoms with E-state index in [0.29, 0.717) is 26.8 Å². The molecule has 0 radical (unpaired) electrons. The zero-order valence-electron chi connectivity index (χ0n) is 11.9. The van der Waals surface area contributed by atoms with Crippen LogP contribution in [0.25, 0.3) is 10.1 Å². The topological polar surface area (TPSA) is 26.3 Å². The Morgan fingerprint density at radius 3 is 2.68 bits per heavy atom. The fourth-order valence-electron chi connectivity index (χ4n) is 2.32. The second-order valence-electron chi connectivity index (χ2n) is 4.90. The lowest BCUT2D eigenvalue weighted by atomic mass is 10.0. The SMILES string of the molecule is COc1ccc2c(Cl)c(C(=O)c3ccc(F)cc3C)sc2c1. The Hall–Kier alpha value is -1.91. The van der Waals surface area contributed by atoms with Gasteiger partial charge in [0.15, 0.2) is 0 Å². The molecule has 0 spiro atoms. The molecule has 0 amide bonds. The molecular formula is C17H12ClFO2S. The van der Waals surface area contributed by atoms with Gasteiger partial charge >= 0.3 is 0 Å². The molecule has 0 unspecified atom stereocenters. The summed E-state index contributed by atoms with van der Waals surface area (Å²) in [6.07, 6.45) is 0. The van der Waals surface area contributed by atoms with Gasteiger partial charge in [0.25, 0.3) is 0 Å². The normalized spacial score (nSPS) is 10.9. The predicted octanol–water partition coefficient (Wildman–Crippen LogP) is 5.24. The number of thiophene rings is 1. The lowest BCUT2D eigenvalue weighted by Crippen LogP contribution is -2.02. The third-order valence-corrected chi connectivity index (χ3v) is 5.13. The van der Waals surface area contributed by atoms with E-state index in [4.69, 9.17) is 16.3 Å². The minimum atomic E-state index is -0.360. The minimum Gasteiger partial charge on any atom is -0.497 e. The zero-order valence-corrected chi connectivity index (χ0v) is 13.5. The molecule has 1 aromatic heterocycles. The number of aryl methyl sites for hydroxylation is 1. The largest absolute Gasteiger partial charge is 0.497 e. The molecule has 112 valence electrons. The fraction of sp³-hybridized carbons (Fsp3) is 0.118. The lowest BCUT2D eigenvalue weighted by molar-refractivity contribution is 0.104. The Labute approximate surface area is 136 Å². The Morgan fingerprint density at radius 1 is 1.23 bits per heavy atom. The number of benzene rings is 2. The molecule has 2 aromatic carbocycles. The number of fused-ring (bicyclic) bond motifs is 1. The van der Waals surface area contributed by atoms with Gasteiger partial charge in [-0.05, 0) is 48.9 Å². The number of carbonyl (C=O) groups is 1. The first-order valence-corrected chi connectivity index (χ1v) is 7.77. The van der Waals surface area contributed by atoms with Crippen LogP contribution in [0.2, 0.25) is 5.02 Å². The van der Waals surface area contributed by atoms with Crippen molar-refractivity contribution in [2.45, 2.75) is 6.92 Å². The highest BCUT2D eigenvalue weighted by atomic mass is 35.5. The molecule has 0 N–H and O–H groups in total.